The van der Waals surface area contributed by atoms with E-state index in [0.29, 0.717) is 6.61 Å². The minimum atomic E-state index is 0.520. The van der Waals surface area contributed by atoms with E-state index < -0.39 is 0 Å². The highest BCUT2D eigenvalue weighted by atomic mass is 16.5. The van der Waals surface area contributed by atoms with Gasteiger partial charge in [-0.15, -0.1) is 0 Å². The minimum Gasteiger partial charge on any atom is -0.457 e. The van der Waals surface area contributed by atoms with Crippen LogP contribution in [0.4, 0.5) is 0 Å². The standard InChI is InChI=1S/C10H19O2/c1-9(2)7-10(3)5-4-6-12-8-11/h9-10H,4-7H2,1-3H3. The number of ether oxygens (including phenoxy) is 1. The molecule has 0 rings (SSSR count). The van der Waals surface area contributed by atoms with Crippen molar-refractivity contribution in [1.82, 2.24) is 0 Å². The van der Waals surface area contributed by atoms with Crippen molar-refractivity contribution in [2.24, 2.45) is 11.8 Å². The van der Waals surface area contributed by atoms with Crippen molar-refractivity contribution in [2.45, 2.75) is 40.0 Å². The lowest BCUT2D eigenvalue weighted by Gasteiger charge is -2.12. The van der Waals surface area contributed by atoms with Gasteiger partial charge in [-0.25, -0.2) is 4.79 Å². The van der Waals surface area contributed by atoms with Crippen molar-refractivity contribution >= 4 is 6.47 Å². The fraction of sp³-hybridized carbons (Fsp3) is 0.900. The van der Waals surface area contributed by atoms with Gasteiger partial charge in [0.05, 0.1) is 6.61 Å². The van der Waals surface area contributed by atoms with Crippen LogP contribution in [0.5, 0.6) is 0 Å². The van der Waals surface area contributed by atoms with Gasteiger partial charge in [-0.2, -0.15) is 0 Å². The predicted molar refractivity (Wildman–Crippen MR) is 49.5 cm³/mol. The molecule has 0 aromatic rings. The van der Waals surface area contributed by atoms with E-state index in [2.05, 4.69) is 25.5 Å². The van der Waals surface area contributed by atoms with Gasteiger partial charge in [-0.3, -0.25) is 0 Å². The van der Waals surface area contributed by atoms with Crippen LogP contribution < -0.4 is 0 Å². The van der Waals surface area contributed by atoms with Crippen molar-refractivity contribution in [3.05, 3.63) is 0 Å². The zero-order valence-corrected chi connectivity index (χ0v) is 8.30. The van der Waals surface area contributed by atoms with Crippen LogP contribution in [0.3, 0.4) is 0 Å². The summed E-state index contributed by atoms with van der Waals surface area (Å²) in [6, 6.07) is 0. The van der Waals surface area contributed by atoms with Crippen LogP contribution in [0.15, 0.2) is 0 Å². The van der Waals surface area contributed by atoms with Gasteiger partial charge in [0.15, 0.2) is 0 Å². The van der Waals surface area contributed by atoms with Crippen molar-refractivity contribution in [1.29, 1.82) is 0 Å². The molecule has 0 aromatic heterocycles. The summed E-state index contributed by atoms with van der Waals surface area (Å²) in [6.07, 6.45) is 3.35. The maximum atomic E-state index is 9.68. The van der Waals surface area contributed by atoms with E-state index in [-0.39, 0.29) is 0 Å². The van der Waals surface area contributed by atoms with E-state index in [1.165, 1.54) is 12.9 Å². The fourth-order valence-electron chi connectivity index (χ4n) is 1.47. The molecule has 0 aliphatic heterocycles. The van der Waals surface area contributed by atoms with Gasteiger partial charge in [0.2, 0.25) is 0 Å². The Morgan fingerprint density at radius 2 is 2.00 bits per heavy atom. The first-order valence-electron chi connectivity index (χ1n) is 4.65. The number of hydrogen-bond acceptors (Lipinski definition) is 2. The van der Waals surface area contributed by atoms with Gasteiger partial charge in [-0.05, 0) is 31.1 Å². The van der Waals surface area contributed by atoms with Crippen molar-refractivity contribution in [2.75, 3.05) is 6.61 Å². The summed E-state index contributed by atoms with van der Waals surface area (Å²) >= 11 is 0. The van der Waals surface area contributed by atoms with E-state index in [1.807, 2.05) is 0 Å². The molecule has 1 atom stereocenters. The molecule has 0 aliphatic rings. The van der Waals surface area contributed by atoms with Gasteiger partial charge in [-0.1, -0.05) is 20.8 Å². The summed E-state index contributed by atoms with van der Waals surface area (Å²) in [6.45, 7) is 8.65. The van der Waals surface area contributed by atoms with Crippen LogP contribution in [-0.2, 0) is 9.53 Å². The Kier molecular flexibility index (Phi) is 6.82. The molecule has 0 heterocycles. The first kappa shape index (κ1) is 11.5. The molecular weight excluding hydrogens is 152 g/mol. The highest BCUT2D eigenvalue weighted by Gasteiger charge is 2.04. The Balaban J connectivity index is 3.19. The summed E-state index contributed by atoms with van der Waals surface area (Å²) in [5.41, 5.74) is 0. The van der Waals surface area contributed by atoms with Crippen molar-refractivity contribution in [3.8, 4) is 0 Å². The second-order valence-electron chi connectivity index (χ2n) is 3.81. The van der Waals surface area contributed by atoms with Gasteiger partial charge >= 0.3 is 6.47 Å². The molecule has 12 heavy (non-hydrogen) atoms. The highest BCUT2D eigenvalue weighted by Crippen LogP contribution is 2.15. The molecule has 0 aromatic carbocycles. The molecule has 0 fully saturated rings. The molecule has 1 radical (unpaired) electrons. The Bertz CT molecular complexity index is 110. The number of hydrogen-bond donors (Lipinski definition) is 0. The predicted octanol–water partition coefficient (Wildman–Crippen LogP) is 2.53. The Hall–Kier alpha value is -0.530. The SMILES string of the molecule is CC(C)CC(C)CCCO[C]=O. The van der Waals surface area contributed by atoms with E-state index in [1.54, 1.807) is 0 Å². The third-order valence-corrected chi connectivity index (χ3v) is 1.88. The molecular formula is C10H19O2. The summed E-state index contributed by atoms with van der Waals surface area (Å²) < 4.78 is 4.48. The van der Waals surface area contributed by atoms with Crippen molar-refractivity contribution in [3.63, 3.8) is 0 Å². The Labute approximate surface area is 75.3 Å². The molecule has 0 spiro atoms. The maximum Gasteiger partial charge on any atom is 0.417 e. The van der Waals surface area contributed by atoms with E-state index >= 15 is 0 Å². The number of rotatable bonds is 7. The largest absolute Gasteiger partial charge is 0.457 e. The fourth-order valence-corrected chi connectivity index (χ4v) is 1.47. The van der Waals surface area contributed by atoms with E-state index in [9.17, 15) is 4.79 Å². The highest BCUT2D eigenvalue weighted by molar-refractivity contribution is 5.37. The van der Waals surface area contributed by atoms with Gasteiger partial charge in [0.1, 0.15) is 0 Å². The second-order valence-corrected chi connectivity index (χ2v) is 3.81. The Morgan fingerprint density at radius 3 is 2.50 bits per heavy atom. The lowest BCUT2D eigenvalue weighted by molar-refractivity contribution is 0.257. The molecule has 2 nitrogen and oxygen atoms in total. The summed E-state index contributed by atoms with van der Waals surface area (Å²) in [4.78, 5) is 9.68. The first-order valence-corrected chi connectivity index (χ1v) is 4.65. The monoisotopic (exact) mass is 171 g/mol. The summed E-state index contributed by atoms with van der Waals surface area (Å²) in [5.74, 6) is 1.50. The van der Waals surface area contributed by atoms with Crippen LogP contribution in [0.1, 0.15) is 40.0 Å². The molecule has 0 saturated carbocycles. The lowest BCUT2D eigenvalue weighted by atomic mass is 9.95. The van der Waals surface area contributed by atoms with E-state index in [0.717, 1.165) is 24.7 Å². The van der Waals surface area contributed by atoms with Crippen LogP contribution in [0, 0.1) is 11.8 Å². The molecule has 0 aliphatic carbocycles. The van der Waals surface area contributed by atoms with Crippen LogP contribution in [0.2, 0.25) is 0 Å². The van der Waals surface area contributed by atoms with Crippen LogP contribution in [0.25, 0.3) is 0 Å². The van der Waals surface area contributed by atoms with Crippen LogP contribution >= 0.6 is 0 Å². The quantitative estimate of drug-likeness (QED) is 0.550. The first-order chi connectivity index (χ1) is 5.66. The average molecular weight is 171 g/mol. The number of carbonyl (C=O) groups excluding carboxylic acids is 1. The topological polar surface area (TPSA) is 26.3 Å². The zero-order valence-electron chi connectivity index (χ0n) is 8.30. The molecule has 1 unspecified atom stereocenters. The zero-order chi connectivity index (χ0) is 9.40. The summed E-state index contributed by atoms with van der Waals surface area (Å²) in [7, 11) is 0. The molecule has 71 valence electrons. The summed E-state index contributed by atoms with van der Waals surface area (Å²) in [5, 5.41) is 0. The van der Waals surface area contributed by atoms with Gasteiger partial charge in [0, 0.05) is 0 Å². The normalized spacial score (nSPS) is 13.0. The molecule has 0 bridgehead atoms. The van der Waals surface area contributed by atoms with Crippen LogP contribution in [-0.4, -0.2) is 13.1 Å². The molecule has 0 saturated heterocycles. The smallest absolute Gasteiger partial charge is 0.417 e. The van der Waals surface area contributed by atoms with E-state index in [4.69, 9.17) is 0 Å². The third-order valence-electron chi connectivity index (χ3n) is 1.88. The molecule has 0 amide bonds. The molecule has 2 heteroatoms. The lowest BCUT2D eigenvalue weighted by Crippen LogP contribution is -2.02. The average Bonchev–Trinajstić information content (AvgIpc) is 1.97. The molecule has 0 N–H and O–H groups in total. The van der Waals surface area contributed by atoms with Gasteiger partial charge in [0.25, 0.3) is 0 Å². The minimum absolute atomic E-state index is 0.520. The van der Waals surface area contributed by atoms with Gasteiger partial charge < -0.3 is 4.74 Å². The van der Waals surface area contributed by atoms with Crippen molar-refractivity contribution < 1.29 is 9.53 Å². The second kappa shape index (κ2) is 7.14. The third kappa shape index (κ3) is 7.58. The maximum absolute atomic E-state index is 9.68. The Morgan fingerprint density at radius 1 is 1.33 bits per heavy atom.